The molecule has 0 N–H and O–H groups in total. The van der Waals surface area contributed by atoms with Crippen molar-refractivity contribution < 1.29 is 4.79 Å². The van der Waals surface area contributed by atoms with E-state index in [1.807, 2.05) is 0 Å². The van der Waals surface area contributed by atoms with Gasteiger partial charge in [0.25, 0.3) is 5.56 Å². The monoisotopic (exact) mass is 285 g/mol. The van der Waals surface area contributed by atoms with Crippen molar-refractivity contribution in [3.05, 3.63) is 72.7 Å². The van der Waals surface area contributed by atoms with E-state index in [1.165, 1.54) is 26.2 Å². The van der Waals surface area contributed by atoms with Crippen molar-refractivity contribution in [2.75, 3.05) is 0 Å². The molecule has 0 aliphatic heterocycles. The topological polar surface area (TPSA) is 110 Å². The van der Waals surface area contributed by atoms with Crippen LogP contribution in [0.5, 0.6) is 0 Å². The largest absolute Gasteiger partial charge is 0.330 e. The number of azide groups is 1. The van der Waals surface area contributed by atoms with Crippen LogP contribution >= 0.6 is 0 Å². The predicted octanol–water partition coefficient (Wildman–Crippen LogP) is 1.26. The molecular weight excluding hydrogens is 274 g/mol. The molecule has 0 saturated heterocycles. The Morgan fingerprint density at radius 3 is 2.33 bits per heavy atom. The van der Waals surface area contributed by atoms with Gasteiger partial charge in [0.15, 0.2) is 0 Å². The quantitative estimate of drug-likeness (QED) is 0.366. The first kappa shape index (κ1) is 14.3. The number of rotatable bonds is 3. The van der Waals surface area contributed by atoms with Gasteiger partial charge in [-0.25, -0.2) is 4.79 Å². The Labute approximate surface area is 118 Å². The van der Waals surface area contributed by atoms with Gasteiger partial charge in [0.05, 0.1) is 0 Å². The van der Waals surface area contributed by atoms with Gasteiger partial charge in [-0.15, -0.1) is 0 Å². The lowest BCUT2D eigenvalue weighted by Crippen LogP contribution is -2.40. The number of ketones is 1. The minimum atomic E-state index is -0.797. The Bertz CT molecular complexity index is 873. The van der Waals surface area contributed by atoms with Crippen LogP contribution in [0, 0.1) is 0 Å². The van der Waals surface area contributed by atoms with Crippen LogP contribution in [-0.4, -0.2) is 14.9 Å². The highest BCUT2D eigenvalue weighted by atomic mass is 16.2. The molecule has 0 atom stereocenters. The summed E-state index contributed by atoms with van der Waals surface area (Å²) in [5.74, 6) is -0.895. The smallest absolute Gasteiger partial charge is 0.294 e. The molecule has 8 heteroatoms. The molecule has 106 valence electrons. The Morgan fingerprint density at radius 2 is 1.76 bits per heavy atom. The number of benzene rings is 1. The summed E-state index contributed by atoms with van der Waals surface area (Å²) in [7, 11) is 2.58. The summed E-state index contributed by atoms with van der Waals surface area (Å²) in [6, 6.07) is 8.09. The molecule has 0 radical (unpaired) electrons. The fraction of sp³-hybridized carbons (Fsp3) is 0.154. The van der Waals surface area contributed by atoms with Gasteiger partial charge in [0.2, 0.25) is 5.78 Å². The van der Waals surface area contributed by atoms with Gasteiger partial charge in [-0.3, -0.25) is 18.7 Å². The summed E-state index contributed by atoms with van der Waals surface area (Å²) in [6.07, 6.45) is 0. The number of nitrogens with zero attached hydrogens (tertiary/aromatic N) is 5. The third kappa shape index (κ3) is 2.35. The lowest BCUT2D eigenvalue weighted by Gasteiger charge is -2.10. The van der Waals surface area contributed by atoms with Crippen molar-refractivity contribution in [2.45, 2.75) is 0 Å². The van der Waals surface area contributed by atoms with Gasteiger partial charge in [0.1, 0.15) is 11.4 Å². The minimum Gasteiger partial charge on any atom is -0.294 e. The van der Waals surface area contributed by atoms with Crippen LogP contribution in [0.3, 0.4) is 0 Å². The van der Waals surface area contributed by atoms with Crippen molar-refractivity contribution in [3.63, 3.8) is 0 Å². The van der Waals surface area contributed by atoms with E-state index < -0.39 is 17.0 Å². The first-order valence-electron chi connectivity index (χ1n) is 5.94. The first-order valence-corrected chi connectivity index (χ1v) is 5.94. The number of carbonyl (C=O) groups is 1. The standard InChI is InChI=1S/C13H11N5O3/c1-17-11(15-16-14)9(12(20)18(2)13(17)21)10(19)8-6-4-3-5-7-8/h3-7H,1-2H3. The van der Waals surface area contributed by atoms with Crippen molar-refractivity contribution in [2.24, 2.45) is 19.2 Å². The SMILES string of the molecule is Cn1c(N=[N+]=[N-])c(C(=O)c2ccccc2)c(=O)n(C)c1=O. The van der Waals surface area contributed by atoms with Crippen LogP contribution in [0.4, 0.5) is 5.82 Å². The highest BCUT2D eigenvalue weighted by Crippen LogP contribution is 2.17. The summed E-state index contributed by atoms with van der Waals surface area (Å²) >= 11 is 0. The van der Waals surface area contributed by atoms with Gasteiger partial charge < -0.3 is 0 Å². The Balaban J connectivity index is 2.86. The van der Waals surface area contributed by atoms with Gasteiger partial charge in [-0.2, -0.15) is 0 Å². The highest BCUT2D eigenvalue weighted by Gasteiger charge is 2.22. The molecular formula is C13H11N5O3. The fourth-order valence-electron chi connectivity index (χ4n) is 1.93. The zero-order valence-corrected chi connectivity index (χ0v) is 11.3. The molecule has 0 amide bonds. The number of hydrogen-bond donors (Lipinski definition) is 0. The second-order valence-corrected chi connectivity index (χ2v) is 4.29. The van der Waals surface area contributed by atoms with Crippen molar-refractivity contribution in [1.82, 2.24) is 9.13 Å². The van der Waals surface area contributed by atoms with E-state index in [1.54, 1.807) is 18.2 Å². The third-order valence-electron chi connectivity index (χ3n) is 3.04. The lowest BCUT2D eigenvalue weighted by molar-refractivity contribution is 0.103. The zero-order valence-electron chi connectivity index (χ0n) is 11.3. The van der Waals surface area contributed by atoms with Crippen LogP contribution in [0.15, 0.2) is 45.0 Å². The predicted molar refractivity (Wildman–Crippen MR) is 75.6 cm³/mol. The number of hydrogen-bond acceptors (Lipinski definition) is 4. The summed E-state index contributed by atoms with van der Waals surface area (Å²) < 4.78 is 1.77. The average Bonchev–Trinajstić information content (AvgIpc) is 2.51. The molecule has 2 aromatic rings. The maximum absolute atomic E-state index is 12.5. The van der Waals surface area contributed by atoms with Crippen LogP contribution in [0.25, 0.3) is 10.4 Å². The third-order valence-corrected chi connectivity index (χ3v) is 3.04. The summed E-state index contributed by atoms with van der Waals surface area (Å²) in [4.78, 5) is 39.1. The molecule has 1 heterocycles. The van der Waals surface area contributed by atoms with Gasteiger partial charge in [-0.05, 0) is 10.6 Å². The molecule has 2 rings (SSSR count). The van der Waals surface area contributed by atoms with Crippen LogP contribution in [0.1, 0.15) is 15.9 Å². The molecule has 0 saturated carbocycles. The van der Waals surface area contributed by atoms with Crippen LogP contribution < -0.4 is 11.2 Å². The maximum atomic E-state index is 12.5. The first-order chi connectivity index (χ1) is 9.99. The molecule has 21 heavy (non-hydrogen) atoms. The van der Waals surface area contributed by atoms with Gasteiger partial charge in [0, 0.05) is 24.6 Å². The molecule has 0 bridgehead atoms. The van der Waals surface area contributed by atoms with E-state index in [-0.39, 0.29) is 16.9 Å². The molecule has 0 spiro atoms. The van der Waals surface area contributed by atoms with Crippen molar-refractivity contribution >= 4 is 11.6 Å². The average molecular weight is 285 g/mol. The molecule has 0 aliphatic carbocycles. The lowest BCUT2D eigenvalue weighted by atomic mass is 10.1. The second-order valence-electron chi connectivity index (χ2n) is 4.29. The molecule has 0 aliphatic rings. The maximum Gasteiger partial charge on any atom is 0.330 e. The van der Waals surface area contributed by atoms with E-state index in [0.29, 0.717) is 0 Å². The second kappa shape index (κ2) is 5.48. The van der Waals surface area contributed by atoms with E-state index in [2.05, 4.69) is 10.0 Å². The minimum absolute atomic E-state index is 0.266. The van der Waals surface area contributed by atoms with E-state index in [4.69, 9.17) is 5.53 Å². The Morgan fingerprint density at radius 1 is 1.14 bits per heavy atom. The summed E-state index contributed by atoms with van der Waals surface area (Å²) in [5.41, 5.74) is 7.06. The van der Waals surface area contributed by atoms with E-state index in [9.17, 15) is 14.4 Å². The van der Waals surface area contributed by atoms with Crippen LogP contribution in [-0.2, 0) is 14.1 Å². The molecule has 1 aromatic heterocycles. The number of aromatic nitrogens is 2. The molecule has 8 nitrogen and oxygen atoms in total. The highest BCUT2D eigenvalue weighted by molar-refractivity contribution is 6.11. The summed E-state index contributed by atoms with van der Waals surface area (Å²) in [6.45, 7) is 0. The van der Waals surface area contributed by atoms with Crippen molar-refractivity contribution in [3.8, 4) is 0 Å². The number of carbonyl (C=O) groups excluding carboxylic acids is 1. The van der Waals surface area contributed by atoms with Crippen LogP contribution in [0.2, 0.25) is 0 Å². The zero-order chi connectivity index (χ0) is 15.6. The Hall–Kier alpha value is -3.12. The van der Waals surface area contributed by atoms with Crippen molar-refractivity contribution in [1.29, 1.82) is 0 Å². The Kier molecular flexibility index (Phi) is 3.73. The van der Waals surface area contributed by atoms with E-state index in [0.717, 1.165) is 9.13 Å². The summed E-state index contributed by atoms with van der Waals surface area (Å²) in [5, 5.41) is 3.32. The molecule has 0 fully saturated rings. The molecule has 0 unspecified atom stereocenters. The van der Waals surface area contributed by atoms with Gasteiger partial charge in [-0.1, -0.05) is 30.3 Å². The molecule has 1 aromatic carbocycles. The normalized spacial score (nSPS) is 10.0. The van der Waals surface area contributed by atoms with E-state index >= 15 is 0 Å². The fourth-order valence-corrected chi connectivity index (χ4v) is 1.93. The van der Waals surface area contributed by atoms with Gasteiger partial charge >= 0.3 is 5.69 Å².